The van der Waals surface area contributed by atoms with E-state index in [0.717, 1.165) is 22.5 Å². The molecule has 0 saturated carbocycles. The normalized spacial score (nSPS) is 11.2. The summed E-state index contributed by atoms with van der Waals surface area (Å²) in [4.78, 5) is 4.43. The zero-order valence-electron chi connectivity index (χ0n) is 11.4. The number of phenols is 1. The first-order valence-corrected chi connectivity index (χ1v) is 6.56. The summed E-state index contributed by atoms with van der Waals surface area (Å²) in [6, 6.07) is 10.3. The molecule has 0 radical (unpaired) electrons. The lowest BCUT2D eigenvalue weighted by atomic mass is 10.1. The predicted octanol–water partition coefficient (Wildman–Crippen LogP) is 3.88. The van der Waals surface area contributed by atoms with Crippen LogP contribution in [0.4, 0.5) is 4.39 Å². The van der Waals surface area contributed by atoms with E-state index in [1.807, 2.05) is 30.5 Å². The third kappa shape index (κ3) is 1.84. The van der Waals surface area contributed by atoms with Gasteiger partial charge >= 0.3 is 0 Å². The molecule has 3 aromatic rings. The smallest absolute Gasteiger partial charge is 0.151 e. The van der Waals surface area contributed by atoms with E-state index in [1.54, 1.807) is 18.2 Å². The van der Waals surface area contributed by atoms with Crippen LogP contribution in [0.1, 0.15) is 12.5 Å². The van der Waals surface area contributed by atoms with Gasteiger partial charge in [0.1, 0.15) is 17.1 Å². The minimum absolute atomic E-state index is 0.249. The third-order valence-electron chi connectivity index (χ3n) is 3.50. The summed E-state index contributed by atoms with van der Waals surface area (Å²) >= 11 is 0. The highest BCUT2D eigenvalue weighted by Gasteiger charge is 2.14. The van der Waals surface area contributed by atoms with E-state index in [-0.39, 0.29) is 11.6 Å². The molecule has 1 aromatic heterocycles. The number of phenolic OH excluding ortho intramolecular Hbond substituents is 1. The molecule has 1 heterocycles. The van der Waals surface area contributed by atoms with Crippen molar-refractivity contribution in [2.75, 3.05) is 0 Å². The first kappa shape index (κ1) is 12.7. The van der Waals surface area contributed by atoms with Gasteiger partial charge in [-0.15, -0.1) is 0 Å². The van der Waals surface area contributed by atoms with Crippen LogP contribution < -0.4 is 0 Å². The Hall–Kier alpha value is -2.36. The molecule has 0 saturated heterocycles. The molecular formula is C16H15FN2O. The molecule has 102 valence electrons. The van der Waals surface area contributed by atoms with Crippen molar-refractivity contribution >= 4 is 11.0 Å². The first-order chi connectivity index (χ1) is 9.61. The molecule has 0 atom stereocenters. The van der Waals surface area contributed by atoms with Crippen molar-refractivity contribution in [2.45, 2.75) is 20.4 Å². The van der Waals surface area contributed by atoms with E-state index >= 15 is 0 Å². The molecule has 0 unspecified atom stereocenters. The number of aromatic nitrogens is 2. The fourth-order valence-electron chi connectivity index (χ4n) is 2.45. The van der Waals surface area contributed by atoms with Crippen molar-refractivity contribution in [3.63, 3.8) is 0 Å². The lowest BCUT2D eigenvalue weighted by Crippen LogP contribution is -1.97. The Morgan fingerprint density at radius 1 is 1.25 bits per heavy atom. The van der Waals surface area contributed by atoms with Crippen molar-refractivity contribution in [2.24, 2.45) is 0 Å². The lowest BCUT2D eigenvalue weighted by Gasteiger charge is -2.07. The molecular weight excluding hydrogens is 255 g/mol. The SMILES string of the molecule is CCn1c(-c2ccc(O)c(C)c2)nc2c(F)cccc21. The summed E-state index contributed by atoms with van der Waals surface area (Å²) in [5.41, 5.74) is 2.82. The quantitative estimate of drug-likeness (QED) is 0.767. The van der Waals surface area contributed by atoms with Crippen LogP contribution in [0.15, 0.2) is 36.4 Å². The highest BCUT2D eigenvalue weighted by molar-refractivity contribution is 5.81. The van der Waals surface area contributed by atoms with Crippen LogP contribution in [0.25, 0.3) is 22.4 Å². The summed E-state index contributed by atoms with van der Waals surface area (Å²) in [6.07, 6.45) is 0. The van der Waals surface area contributed by atoms with Gasteiger partial charge in [-0.25, -0.2) is 9.37 Å². The second-order valence-corrected chi connectivity index (χ2v) is 4.79. The Balaban J connectivity index is 2.30. The van der Waals surface area contributed by atoms with E-state index in [2.05, 4.69) is 4.98 Å². The topological polar surface area (TPSA) is 38.0 Å². The molecule has 0 fully saturated rings. The molecule has 0 bridgehead atoms. The first-order valence-electron chi connectivity index (χ1n) is 6.56. The number of benzene rings is 2. The maximum absolute atomic E-state index is 13.9. The fraction of sp³-hybridized carbons (Fsp3) is 0.188. The Morgan fingerprint density at radius 3 is 2.75 bits per heavy atom. The fourth-order valence-corrected chi connectivity index (χ4v) is 2.45. The van der Waals surface area contributed by atoms with E-state index in [0.29, 0.717) is 12.1 Å². The Labute approximate surface area is 116 Å². The second kappa shape index (κ2) is 4.63. The molecule has 0 amide bonds. The summed E-state index contributed by atoms with van der Waals surface area (Å²) in [5, 5.41) is 9.61. The summed E-state index contributed by atoms with van der Waals surface area (Å²) in [7, 11) is 0. The average Bonchev–Trinajstić information content (AvgIpc) is 2.82. The number of aromatic hydroxyl groups is 1. The summed E-state index contributed by atoms with van der Waals surface area (Å²) < 4.78 is 15.8. The molecule has 0 spiro atoms. The van der Waals surface area contributed by atoms with Gasteiger partial charge in [0.25, 0.3) is 0 Å². The van der Waals surface area contributed by atoms with E-state index < -0.39 is 0 Å². The maximum Gasteiger partial charge on any atom is 0.151 e. The van der Waals surface area contributed by atoms with Gasteiger partial charge in [0.15, 0.2) is 5.82 Å². The average molecular weight is 270 g/mol. The lowest BCUT2D eigenvalue weighted by molar-refractivity contribution is 0.471. The number of nitrogens with zero attached hydrogens (tertiary/aromatic N) is 2. The van der Waals surface area contributed by atoms with Crippen LogP contribution in [0, 0.1) is 12.7 Å². The Kier molecular flexibility index (Phi) is 2.93. The van der Waals surface area contributed by atoms with Crippen LogP contribution in [0.3, 0.4) is 0 Å². The van der Waals surface area contributed by atoms with Crippen molar-refractivity contribution in [3.05, 3.63) is 47.8 Å². The number of rotatable bonds is 2. The van der Waals surface area contributed by atoms with E-state index in [9.17, 15) is 9.50 Å². The molecule has 20 heavy (non-hydrogen) atoms. The van der Waals surface area contributed by atoms with Crippen LogP contribution in [0.5, 0.6) is 5.75 Å². The molecule has 4 heteroatoms. The Morgan fingerprint density at radius 2 is 2.05 bits per heavy atom. The number of halogens is 1. The van der Waals surface area contributed by atoms with Gasteiger partial charge in [-0.1, -0.05) is 6.07 Å². The van der Waals surface area contributed by atoms with Gasteiger partial charge in [-0.05, 0) is 49.7 Å². The number of hydrogen-bond acceptors (Lipinski definition) is 2. The number of hydrogen-bond donors (Lipinski definition) is 1. The van der Waals surface area contributed by atoms with Crippen molar-refractivity contribution in [1.29, 1.82) is 0 Å². The van der Waals surface area contributed by atoms with Gasteiger partial charge in [0.2, 0.25) is 0 Å². The number of imidazole rings is 1. The summed E-state index contributed by atoms with van der Waals surface area (Å²) in [6.45, 7) is 4.54. The molecule has 0 aliphatic heterocycles. The largest absolute Gasteiger partial charge is 0.508 e. The van der Waals surface area contributed by atoms with Gasteiger partial charge in [0, 0.05) is 12.1 Å². The van der Waals surface area contributed by atoms with E-state index in [4.69, 9.17) is 0 Å². The minimum Gasteiger partial charge on any atom is -0.508 e. The molecule has 3 nitrogen and oxygen atoms in total. The Bertz CT molecular complexity index is 793. The molecule has 1 N–H and O–H groups in total. The van der Waals surface area contributed by atoms with Crippen molar-refractivity contribution < 1.29 is 9.50 Å². The predicted molar refractivity (Wildman–Crippen MR) is 77.2 cm³/mol. The van der Waals surface area contributed by atoms with Gasteiger partial charge in [-0.2, -0.15) is 0 Å². The standard InChI is InChI=1S/C16H15FN2O/c1-3-19-13-6-4-5-12(17)15(13)18-16(19)11-7-8-14(20)10(2)9-11/h4-9,20H,3H2,1-2H3. The number of aryl methyl sites for hydroxylation is 2. The molecule has 0 aliphatic rings. The van der Waals surface area contributed by atoms with Crippen LogP contribution in [0.2, 0.25) is 0 Å². The van der Waals surface area contributed by atoms with E-state index in [1.165, 1.54) is 6.07 Å². The van der Waals surface area contributed by atoms with Gasteiger partial charge < -0.3 is 9.67 Å². The zero-order chi connectivity index (χ0) is 14.3. The molecule has 3 rings (SSSR count). The second-order valence-electron chi connectivity index (χ2n) is 4.79. The zero-order valence-corrected chi connectivity index (χ0v) is 11.4. The van der Waals surface area contributed by atoms with Crippen LogP contribution in [-0.4, -0.2) is 14.7 Å². The number of para-hydroxylation sites is 1. The minimum atomic E-state index is -0.313. The highest BCUT2D eigenvalue weighted by Crippen LogP contribution is 2.29. The monoisotopic (exact) mass is 270 g/mol. The van der Waals surface area contributed by atoms with Crippen LogP contribution >= 0.6 is 0 Å². The van der Waals surface area contributed by atoms with Gasteiger partial charge in [-0.3, -0.25) is 0 Å². The summed E-state index contributed by atoms with van der Waals surface area (Å²) in [5.74, 6) is 0.654. The van der Waals surface area contributed by atoms with Crippen molar-refractivity contribution in [3.8, 4) is 17.1 Å². The maximum atomic E-state index is 13.9. The van der Waals surface area contributed by atoms with Crippen molar-refractivity contribution in [1.82, 2.24) is 9.55 Å². The van der Waals surface area contributed by atoms with Gasteiger partial charge in [0.05, 0.1) is 5.52 Å². The molecule has 2 aromatic carbocycles. The van der Waals surface area contributed by atoms with Crippen LogP contribution in [-0.2, 0) is 6.54 Å². The highest BCUT2D eigenvalue weighted by atomic mass is 19.1. The molecule has 0 aliphatic carbocycles. The third-order valence-corrected chi connectivity index (χ3v) is 3.50. The number of fused-ring (bicyclic) bond motifs is 1.